The number of carbonyl (C=O) groups is 2. The van der Waals surface area contributed by atoms with Gasteiger partial charge in [0.2, 0.25) is 0 Å². The molecule has 0 radical (unpaired) electrons. The van der Waals surface area contributed by atoms with Crippen LogP contribution in [0.15, 0.2) is 105 Å². The van der Waals surface area contributed by atoms with E-state index >= 15 is 0 Å². The molecule has 2 aliphatic rings. The van der Waals surface area contributed by atoms with Crippen LogP contribution in [-0.2, 0) is 9.53 Å². The number of Topliss-reactive ketones (excluding diaryl/α,β-unsaturated/α-hetero) is 1. The molecular weight excluding hydrogens is 601 g/mol. The molecule has 9 heteroatoms. The van der Waals surface area contributed by atoms with Crippen molar-refractivity contribution in [1.29, 1.82) is 0 Å². The first-order valence-electron chi connectivity index (χ1n) is 15.2. The van der Waals surface area contributed by atoms with E-state index in [4.69, 9.17) is 9.73 Å². The number of methoxy groups -OCH3 is 1. The summed E-state index contributed by atoms with van der Waals surface area (Å²) in [5.74, 6) is -0.103. The number of rotatable bonds is 14. The third-order valence-electron chi connectivity index (χ3n) is 7.28. The molecule has 1 fully saturated rings. The van der Waals surface area contributed by atoms with Crippen LogP contribution in [0.4, 0.5) is 11.4 Å². The Morgan fingerprint density at radius 1 is 1.07 bits per heavy atom. The average Bonchev–Trinajstić information content (AvgIpc) is 3.52. The molecule has 2 aliphatic heterocycles. The average molecular weight is 643 g/mol. The number of ether oxygens (including phenoxy) is 1. The van der Waals surface area contributed by atoms with Gasteiger partial charge in [-0.15, -0.1) is 0 Å². The van der Waals surface area contributed by atoms with E-state index in [-0.39, 0.29) is 11.7 Å². The van der Waals surface area contributed by atoms with E-state index in [1.54, 1.807) is 48.9 Å². The van der Waals surface area contributed by atoms with Gasteiger partial charge in [-0.2, -0.15) is 0 Å². The van der Waals surface area contributed by atoms with Gasteiger partial charge in [0.05, 0.1) is 22.1 Å². The molecule has 0 saturated carbocycles. The van der Waals surface area contributed by atoms with Gasteiger partial charge in [0.25, 0.3) is 5.91 Å². The van der Waals surface area contributed by atoms with Crippen LogP contribution in [0.3, 0.4) is 0 Å². The summed E-state index contributed by atoms with van der Waals surface area (Å²) in [6.45, 7) is 14.0. The minimum atomic E-state index is -0.0674. The molecule has 1 N–H and O–H groups in total. The summed E-state index contributed by atoms with van der Waals surface area (Å²) < 4.78 is 5.39. The fourth-order valence-corrected chi connectivity index (χ4v) is 7.36. The molecule has 2 aromatic rings. The van der Waals surface area contributed by atoms with Crippen LogP contribution in [0.2, 0.25) is 0 Å². The van der Waals surface area contributed by atoms with Crippen LogP contribution in [0, 0.1) is 0 Å². The van der Waals surface area contributed by atoms with Gasteiger partial charge in [0.15, 0.2) is 11.0 Å². The van der Waals surface area contributed by atoms with Crippen molar-refractivity contribution in [2.75, 3.05) is 38.7 Å². The van der Waals surface area contributed by atoms with E-state index in [0.717, 1.165) is 38.9 Å². The van der Waals surface area contributed by atoms with Crippen LogP contribution in [0.1, 0.15) is 56.5 Å². The molecule has 2 heterocycles. The summed E-state index contributed by atoms with van der Waals surface area (Å²) in [6.07, 6.45) is 9.10. The highest BCUT2D eigenvalue weighted by molar-refractivity contribution is 8.19. The Kier molecular flexibility index (Phi) is 12.5. The van der Waals surface area contributed by atoms with Crippen LogP contribution < -0.4 is 5.32 Å². The van der Waals surface area contributed by atoms with Gasteiger partial charge in [-0.3, -0.25) is 14.5 Å². The SMILES string of the molecule is C=C/C=C\C=C(/C)CCN1C(=O)/C(=C2/SC(C)=C(c3ccccc3)N2CCCOC)SC1=Nc1cc(C(C)=O)ccc1NCC. The monoisotopic (exact) mass is 642 g/mol. The maximum atomic E-state index is 14.3. The Balaban J connectivity index is 1.80. The Bertz CT molecular complexity index is 1570. The first-order chi connectivity index (χ1) is 21.8. The van der Waals surface area contributed by atoms with Gasteiger partial charge in [-0.1, -0.05) is 78.5 Å². The highest BCUT2D eigenvalue weighted by Crippen LogP contribution is 2.50. The molecule has 1 saturated heterocycles. The fourth-order valence-electron chi connectivity index (χ4n) is 5.02. The molecule has 4 rings (SSSR count). The van der Waals surface area contributed by atoms with Crippen molar-refractivity contribution in [2.45, 2.75) is 40.5 Å². The number of nitrogens with zero attached hydrogens (tertiary/aromatic N) is 3. The smallest absolute Gasteiger partial charge is 0.269 e. The summed E-state index contributed by atoms with van der Waals surface area (Å²) >= 11 is 3.04. The molecule has 0 aliphatic carbocycles. The molecule has 7 nitrogen and oxygen atoms in total. The predicted molar refractivity (Wildman–Crippen MR) is 192 cm³/mol. The highest BCUT2D eigenvalue weighted by atomic mass is 32.2. The standard InChI is InChI=1S/C36H42N4O3S2/c1-7-9-11-15-25(3)20-22-40-34(42)33(45-36(40)38-31-24-29(26(4)41)18-19-30(31)37-8-2)35-39(21-14-23-43-6)32(27(5)44-35)28-16-12-10-13-17-28/h7,9-13,15-19,24,37H,1,8,14,20-23H2,2-6H3/b11-9-,25-15+,35-33-,38-36?. The van der Waals surface area contributed by atoms with Gasteiger partial charge in [-0.25, -0.2) is 4.99 Å². The van der Waals surface area contributed by atoms with E-state index in [1.807, 2.05) is 49.4 Å². The fraction of sp³-hybridized carbons (Fsp3) is 0.306. The molecule has 1 amide bonds. The lowest BCUT2D eigenvalue weighted by Gasteiger charge is -2.24. The lowest BCUT2D eigenvalue weighted by atomic mass is 10.1. The van der Waals surface area contributed by atoms with E-state index in [9.17, 15) is 9.59 Å². The topological polar surface area (TPSA) is 74.2 Å². The van der Waals surface area contributed by atoms with Crippen molar-refractivity contribution >= 4 is 57.5 Å². The van der Waals surface area contributed by atoms with Crippen LogP contribution in [0.25, 0.3) is 5.70 Å². The number of amides is 1. The number of thioether (sulfide) groups is 2. The molecule has 236 valence electrons. The zero-order valence-electron chi connectivity index (χ0n) is 26.8. The second-order valence-corrected chi connectivity index (χ2v) is 12.8. The molecule has 0 bridgehead atoms. The van der Waals surface area contributed by atoms with Crippen LogP contribution >= 0.6 is 23.5 Å². The molecule has 0 unspecified atom stereocenters. The lowest BCUT2D eigenvalue weighted by molar-refractivity contribution is -0.122. The predicted octanol–water partition coefficient (Wildman–Crippen LogP) is 8.61. The Morgan fingerprint density at radius 2 is 1.84 bits per heavy atom. The number of ketones is 1. The van der Waals surface area contributed by atoms with E-state index < -0.39 is 0 Å². The van der Waals surface area contributed by atoms with Crippen LogP contribution in [-0.4, -0.2) is 60.0 Å². The van der Waals surface area contributed by atoms with E-state index in [0.29, 0.717) is 54.0 Å². The third kappa shape index (κ3) is 8.48. The van der Waals surface area contributed by atoms with Gasteiger partial charge in [-0.05, 0) is 76.1 Å². The second-order valence-electron chi connectivity index (χ2n) is 10.7. The third-order valence-corrected chi connectivity index (χ3v) is 9.59. The molecule has 0 spiro atoms. The van der Waals surface area contributed by atoms with Crippen molar-refractivity contribution in [1.82, 2.24) is 9.80 Å². The van der Waals surface area contributed by atoms with Gasteiger partial charge < -0.3 is 15.0 Å². The van der Waals surface area contributed by atoms with Gasteiger partial charge >= 0.3 is 0 Å². The summed E-state index contributed by atoms with van der Waals surface area (Å²) in [5.41, 5.74) is 5.38. The zero-order chi connectivity index (χ0) is 32.3. The van der Waals surface area contributed by atoms with E-state index in [2.05, 4.69) is 42.8 Å². The summed E-state index contributed by atoms with van der Waals surface area (Å²) in [4.78, 5) is 37.5. The number of anilines is 1. The summed E-state index contributed by atoms with van der Waals surface area (Å²) in [5, 5.41) is 4.87. The van der Waals surface area contributed by atoms with Crippen LogP contribution in [0.5, 0.6) is 0 Å². The normalized spacial score (nSPS) is 18.2. The second kappa shape index (κ2) is 16.5. The Labute approximate surface area is 275 Å². The molecule has 45 heavy (non-hydrogen) atoms. The largest absolute Gasteiger partial charge is 0.385 e. The maximum Gasteiger partial charge on any atom is 0.269 e. The first-order valence-corrected chi connectivity index (χ1v) is 16.8. The number of aliphatic imine (C=N–C) groups is 1. The van der Waals surface area contributed by atoms with Crippen molar-refractivity contribution in [3.8, 4) is 0 Å². The maximum absolute atomic E-state index is 14.3. The number of carbonyl (C=O) groups excluding carboxylic acids is 2. The van der Waals surface area contributed by atoms with Gasteiger partial charge in [0, 0.05) is 43.8 Å². The van der Waals surface area contributed by atoms with Crippen molar-refractivity contribution in [2.24, 2.45) is 4.99 Å². The number of hydrogen-bond donors (Lipinski definition) is 1. The lowest BCUT2D eigenvalue weighted by Crippen LogP contribution is -2.31. The molecule has 0 aromatic heterocycles. The Hall–Kier alpha value is -3.79. The number of benzene rings is 2. The summed E-state index contributed by atoms with van der Waals surface area (Å²) in [7, 11) is 1.71. The molecule has 0 atom stereocenters. The number of allylic oxidation sites excluding steroid dienone is 5. The highest BCUT2D eigenvalue weighted by Gasteiger charge is 2.40. The van der Waals surface area contributed by atoms with E-state index in [1.165, 1.54) is 11.8 Å². The molecular formula is C36H42N4O3S2. The van der Waals surface area contributed by atoms with Crippen molar-refractivity contribution < 1.29 is 14.3 Å². The van der Waals surface area contributed by atoms with Crippen molar-refractivity contribution in [3.05, 3.63) is 111 Å². The first kappa shape index (κ1) is 34.1. The summed E-state index contributed by atoms with van der Waals surface area (Å²) in [6, 6.07) is 15.8. The molecule has 2 aromatic carbocycles. The minimum absolute atomic E-state index is 0.0355. The zero-order valence-corrected chi connectivity index (χ0v) is 28.4. The van der Waals surface area contributed by atoms with Gasteiger partial charge in [0.1, 0.15) is 4.91 Å². The number of amidine groups is 1. The minimum Gasteiger partial charge on any atom is -0.385 e. The Morgan fingerprint density at radius 3 is 2.53 bits per heavy atom. The van der Waals surface area contributed by atoms with Crippen molar-refractivity contribution in [3.63, 3.8) is 0 Å². The number of nitrogens with one attached hydrogen (secondary N) is 1. The quantitative estimate of drug-likeness (QED) is 0.0957. The number of hydrogen-bond acceptors (Lipinski definition) is 8.